The van der Waals surface area contributed by atoms with Gasteiger partial charge in [0.2, 0.25) is 5.91 Å². The number of carbonyl (C=O) groups excluding carboxylic acids is 2. The molecule has 0 bridgehead atoms. The maximum atomic E-state index is 12.7. The molecule has 26 heavy (non-hydrogen) atoms. The fraction of sp³-hybridized carbons (Fsp3) is 0.300. The number of aliphatic hydroxyl groups excluding tert-OH is 1. The summed E-state index contributed by atoms with van der Waals surface area (Å²) in [5.41, 5.74) is 1.32. The van der Waals surface area contributed by atoms with Crippen LogP contribution in [-0.2, 0) is 4.79 Å². The van der Waals surface area contributed by atoms with Gasteiger partial charge in [-0.2, -0.15) is 0 Å². The van der Waals surface area contributed by atoms with Crippen LogP contribution in [0.3, 0.4) is 0 Å². The Kier molecular flexibility index (Phi) is 6.06. The molecule has 1 heterocycles. The molecule has 1 fully saturated rings. The molecule has 0 aliphatic carbocycles. The van der Waals surface area contributed by atoms with Crippen LogP contribution >= 0.6 is 15.9 Å². The zero-order valence-electron chi connectivity index (χ0n) is 14.3. The van der Waals surface area contributed by atoms with E-state index in [1.54, 1.807) is 17.0 Å². The highest BCUT2D eigenvalue weighted by Gasteiger charge is 2.34. The molecule has 2 aromatic carbocycles. The Balaban J connectivity index is 1.61. The van der Waals surface area contributed by atoms with Gasteiger partial charge in [0.25, 0.3) is 5.91 Å². The van der Waals surface area contributed by atoms with Crippen molar-refractivity contribution in [3.05, 3.63) is 70.2 Å². The number of halogens is 1. The Bertz CT molecular complexity index is 764. The average Bonchev–Trinajstić information content (AvgIpc) is 3.16. The Labute approximate surface area is 161 Å². The third-order valence-corrected chi connectivity index (χ3v) is 5.09. The van der Waals surface area contributed by atoms with Crippen molar-refractivity contribution in [3.8, 4) is 0 Å². The summed E-state index contributed by atoms with van der Waals surface area (Å²) in [6.45, 7) is 0.688. The zero-order chi connectivity index (χ0) is 18.5. The lowest BCUT2D eigenvalue weighted by molar-refractivity contribution is -0.125. The molecule has 1 saturated heterocycles. The van der Waals surface area contributed by atoms with E-state index in [1.165, 1.54) is 0 Å². The number of amides is 2. The molecule has 0 radical (unpaired) electrons. The number of likely N-dealkylation sites (tertiary alicyclic amines) is 1. The van der Waals surface area contributed by atoms with Gasteiger partial charge in [0, 0.05) is 23.1 Å². The molecule has 136 valence electrons. The molecular weight excluding hydrogens is 396 g/mol. The van der Waals surface area contributed by atoms with Crippen LogP contribution in [0.1, 0.15) is 34.9 Å². The second-order valence-electron chi connectivity index (χ2n) is 6.34. The van der Waals surface area contributed by atoms with E-state index in [0.717, 1.165) is 16.5 Å². The van der Waals surface area contributed by atoms with Crippen LogP contribution in [0.25, 0.3) is 0 Å². The molecule has 0 aromatic heterocycles. The zero-order valence-corrected chi connectivity index (χ0v) is 15.9. The lowest BCUT2D eigenvalue weighted by atomic mass is 10.1. The van der Waals surface area contributed by atoms with Gasteiger partial charge in [-0.1, -0.05) is 46.3 Å². The van der Waals surface area contributed by atoms with Crippen molar-refractivity contribution in [3.63, 3.8) is 0 Å². The van der Waals surface area contributed by atoms with Crippen molar-refractivity contribution in [2.24, 2.45) is 0 Å². The summed E-state index contributed by atoms with van der Waals surface area (Å²) in [6.07, 6.45) is 0.661. The van der Waals surface area contributed by atoms with Gasteiger partial charge in [-0.05, 0) is 42.7 Å². The molecule has 3 rings (SSSR count). The minimum Gasteiger partial charge on any atom is -0.387 e. The Morgan fingerprint density at radius 1 is 1.15 bits per heavy atom. The van der Waals surface area contributed by atoms with E-state index in [1.807, 2.05) is 42.5 Å². The van der Waals surface area contributed by atoms with Crippen LogP contribution in [-0.4, -0.2) is 41.0 Å². The normalized spacial score (nSPS) is 17.8. The highest BCUT2D eigenvalue weighted by atomic mass is 79.9. The third-order valence-electron chi connectivity index (χ3n) is 4.56. The average molecular weight is 417 g/mol. The van der Waals surface area contributed by atoms with Gasteiger partial charge in [-0.25, -0.2) is 0 Å². The number of nitrogens with one attached hydrogen (secondary N) is 1. The molecule has 2 atom stereocenters. The number of benzene rings is 2. The quantitative estimate of drug-likeness (QED) is 0.786. The predicted molar refractivity (Wildman–Crippen MR) is 103 cm³/mol. The Hall–Kier alpha value is -2.18. The topological polar surface area (TPSA) is 69.6 Å². The second kappa shape index (κ2) is 8.47. The van der Waals surface area contributed by atoms with Crippen LogP contribution in [0.15, 0.2) is 59.1 Å². The maximum absolute atomic E-state index is 12.7. The first-order valence-corrected chi connectivity index (χ1v) is 9.43. The molecule has 2 amide bonds. The van der Waals surface area contributed by atoms with Gasteiger partial charge >= 0.3 is 0 Å². The van der Waals surface area contributed by atoms with Crippen LogP contribution in [0.2, 0.25) is 0 Å². The van der Waals surface area contributed by atoms with Crippen LogP contribution in [0, 0.1) is 0 Å². The van der Waals surface area contributed by atoms with Crippen molar-refractivity contribution in [1.82, 2.24) is 10.2 Å². The maximum Gasteiger partial charge on any atom is 0.254 e. The molecule has 1 aliphatic rings. The highest BCUT2D eigenvalue weighted by molar-refractivity contribution is 9.10. The molecule has 1 aliphatic heterocycles. The number of hydrogen-bond donors (Lipinski definition) is 2. The third kappa shape index (κ3) is 4.31. The molecular formula is C20H21BrN2O3. The molecule has 2 aromatic rings. The number of hydrogen-bond acceptors (Lipinski definition) is 3. The molecule has 0 saturated carbocycles. The summed E-state index contributed by atoms with van der Waals surface area (Å²) >= 11 is 3.35. The van der Waals surface area contributed by atoms with Gasteiger partial charge in [0.1, 0.15) is 6.04 Å². The van der Waals surface area contributed by atoms with Gasteiger partial charge in [-0.3, -0.25) is 9.59 Å². The van der Waals surface area contributed by atoms with Gasteiger partial charge in [0.15, 0.2) is 0 Å². The molecule has 2 unspecified atom stereocenters. The SMILES string of the molecule is O=C(NCC(O)c1ccccc1)C1CCCN1C(=O)c1ccc(Br)cc1. The smallest absolute Gasteiger partial charge is 0.254 e. The summed E-state index contributed by atoms with van der Waals surface area (Å²) < 4.78 is 0.902. The van der Waals surface area contributed by atoms with E-state index in [4.69, 9.17) is 0 Å². The standard InChI is InChI=1S/C20H21BrN2O3/c21-16-10-8-15(9-11-16)20(26)23-12-4-7-17(23)19(25)22-13-18(24)14-5-2-1-3-6-14/h1-3,5-6,8-11,17-18,24H,4,7,12-13H2,(H,22,25). The van der Waals surface area contributed by atoms with Gasteiger partial charge < -0.3 is 15.3 Å². The molecule has 0 spiro atoms. The summed E-state index contributed by atoms with van der Waals surface area (Å²) in [7, 11) is 0. The minimum absolute atomic E-state index is 0.125. The first-order chi connectivity index (χ1) is 12.6. The van der Waals surface area contributed by atoms with Crippen molar-refractivity contribution < 1.29 is 14.7 Å². The van der Waals surface area contributed by atoms with E-state index in [9.17, 15) is 14.7 Å². The summed E-state index contributed by atoms with van der Waals surface area (Å²) in [5.74, 6) is -0.360. The van der Waals surface area contributed by atoms with Crippen LogP contribution in [0.5, 0.6) is 0 Å². The summed E-state index contributed by atoms with van der Waals surface area (Å²) in [5, 5.41) is 13.0. The van der Waals surface area contributed by atoms with E-state index >= 15 is 0 Å². The fourth-order valence-corrected chi connectivity index (χ4v) is 3.41. The second-order valence-corrected chi connectivity index (χ2v) is 7.25. The van der Waals surface area contributed by atoms with Gasteiger partial charge in [-0.15, -0.1) is 0 Å². The lowest BCUT2D eigenvalue weighted by Crippen LogP contribution is -2.46. The predicted octanol–water partition coefficient (Wildman–Crippen LogP) is 2.90. The fourth-order valence-electron chi connectivity index (χ4n) is 3.15. The first-order valence-electron chi connectivity index (χ1n) is 8.63. The van der Waals surface area contributed by atoms with Crippen LogP contribution in [0.4, 0.5) is 0 Å². The van der Waals surface area contributed by atoms with Crippen molar-refractivity contribution in [1.29, 1.82) is 0 Å². The minimum atomic E-state index is -0.767. The monoisotopic (exact) mass is 416 g/mol. The number of nitrogens with zero attached hydrogens (tertiary/aromatic N) is 1. The van der Waals surface area contributed by atoms with E-state index in [2.05, 4.69) is 21.2 Å². The summed E-state index contributed by atoms with van der Waals surface area (Å²) in [4.78, 5) is 26.9. The largest absolute Gasteiger partial charge is 0.387 e. The van der Waals surface area contributed by atoms with E-state index in [-0.39, 0.29) is 18.4 Å². The van der Waals surface area contributed by atoms with Gasteiger partial charge in [0.05, 0.1) is 6.10 Å². The van der Waals surface area contributed by atoms with Crippen molar-refractivity contribution in [2.45, 2.75) is 25.0 Å². The van der Waals surface area contributed by atoms with Crippen LogP contribution < -0.4 is 5.32 Å². The number of rotatable bonds is 5. The van der Waals surface area contributed by atoms with E-state index in [0.29, 0.717) is 18.5 Å². The van der Waals surface area contributed by atoms with Crippen molar-refractivity contribution in [2.75, 3.05) is 13.1 Å². The number of aliphatic hydroxyl groups is 1. The van der Waals surface area contributed by atoms with E-state index < -0.39 is 12.1 Å². The Morgan fingerprint density at radius 2 is 1.85 bits per heavy atom. The first kappa shape index (κ1) is 18.6. The molecule has 2 N–H and O–H groups in total. The Morgan fingerprint density at radius 3 is 2.54 bits per heavy atom. The number of carbonyl (C=O) groups is 2. The highest BCUT2D eigenvalue weighted by Crippen LogP contribution is 2.21. The lowest BCUT2D eigenvalue weighted by Gasteiger charge is -2.24. The molecule has 6 heteroatoms. The van der Waals surface area contributed by atoms with Crippen molar-refractivity contribution >= 4 is 27.7 Å². The molecule has 5 nitrogen and oxygen atoms in total. The summed E-state index contributed by atoms with van der Waals surface area (Å²) in [6, 6.07) is 15.8.